The van der Waals surface area contributed by atoms with E-state index in [1.807, 2.05) is 0 Å². The summed E-state index contributed by atoms with van der Waals surface area (Å²) >= 11 is 0. The van der Waals surface area contributed by atoms with E-state index in [9.17, 15) is 8.42 Å². The molecule has 0 fully saturated rings. The maximum Gasteiger partial charge on any atom is 0.242 e. The van der Waals surface area contributed by atoms with Crippen LogP contribution < -0.4 is 26.0 Å². The smallest absolute Gasteiger partial charge is 0.242 e. The van der Waals surface area contributed by atoms with Crippen molar-refractivity contribution < 1.29 is 8.42 Å². The molecule has 10 nitrogen and oxygen atoms in total. The van der Waals surface area contributed by atoms with Gasteiger partial charge < -0.3 is 25.8 Å². The monoisotopic (exact) mass is 550 g/mol. The lowest BCUT2D eigenvalue weighted by atomic mass is 10.1. The predicted molar refractivity (Wildman–Crippen MR) is 160 cm³/mol. The molecule has 2 aliphatic rings. The molecule has 0 atom stereocenters. The first kappa shape index (κ1) is 28.2. The maximum atomic E-state index is 12.1. The van der Waals surface area contributed by atoms with Crippen LogP contribution in [-0.2, 0) is 16.6 Å². The normalized spacial score (nSPS) is 14.4. The van der Waals surface area contributed by atoms with Crippen molar-refractivity contribution >= 4 is 33.1 Å². The fourth-order valence-corrected chi connectivity index (χ4v) is 5.62. The van der Waals surface area contributed by atoms with Gasteiger partial charge in [0, 0.05) is 43.6 Å². The van der Waals surface area contributed by atoms with Crippen molar-refractivity contribution in [3.63, 3.8) is 0 Å². The van der Waals surface area contributed by atoms with Gasteiger partial charge in [0.2, 0.25) is 10.0 Å². The van der Waals surface area contributed by atoms with Gasteiger partial charge in [-0.15, -0.1) is 0 Å². The van der Waals surface area contributed by atoms with Crippen LogP contribution in [0.25, 0.3) is 11.3 Å². The van der Waals surface area contributed by atoms with E-state index in [2.05, 4.69) is 90.1 Å². The quantitative estimate of drug-likeness (QED) is 0.250. The number of sulfonamides is 1. The summed E-state index contributed by atoms with van der Waals surface area (Å²) in [4.78, 5) is 8.93. The number of aliphatic imine (C=N–C) groups is 2. The first-order valence-corrected chi connectivity index (χ1v) is 14.9. The number of amidine groups is 2. The van der Waals surface area contributed by atoms with E-state index < -0.39 is 10.0 Å². The number of hydrogen-bond acceptors (Lipinski definition) is 8. The Labute approximate surface area is 231 Å². The lowest BCUT2D eigenvalue weighted by molar-refractivity contribution is 0.584. The van der Waals surface area contributed by atoms with E-state index in [1.54, 1.807) is 31.2 Å². The Hall–Kier alpha value is -3.83. The van der Waals surface area contributed by atoms with Gasteiger partial charge in [-0.1, -0.05) is 37.3 Å². The highest BCUT2D eigenvalue weighted by molar-refractivity contribution is 7.89. The molecule has 0 aliphatic carbocycles. The zero-order chi connectivity index (χ0) is 27.5. The van der Waals surface area contributed by atoms with E-state index in [1.165, 1.54) is 11.3 Å². The Morgan fingerprint density at radius 1 is 0.821 bits per heavy atom. The van der Waals surface area contributed by atoms with Gasteiger partial charge in [-0.25, -0.2) is 13.1 Å². The van der Waals surface area contributed by atoms with Crippen molar-refractivity contribution in [2.24, 2.45) is 9.98 Å². The number of nitrogens with zero attached hydrogens (tertiary/aromatic N) is 3. The van der Waals surface area contributed by atoms with Crippen molar-refractivity contribution in [2.75, 3.05) is 56.4 Å². The minimum atomic E-state index is -3.46. The van der Waals surface area contributed by atoms with E-state index >= 15 is 0 Å². The van der Waals surface area contributed by atoms with Crippen LogP contribution in [0.2, 0.25) is 0 Å². The standard InChI is InChI=1S/C16H20N4.C12H18N4O2S/c1-2-20-11-5-8-15(20)13-6-3-4-7-14(13)19-12-16-17-9-10-18-16;1-2-16-19(17,18)11-6-4-3-5-10(11)15-9-12-13-7-8-14-12/h3-8,11,19H,2,9-10,12H2,1H3,(H,17,18);3-6,15-16H,2,7-9H2,1H3,(H,13,14). The van der Waals surface area contributed by atoms with E-state index in [-0.39, 0.29) is 4.90 Å². The fourth-order valence-electron chi connectivity index (χ4n) is 4.40. The van der Waals surface area contributed by atoms with Crippen molar-refractivity contribution in [2.45, 2.75) is 25.3 Å². The lowest BCUT2D eigenvalue weighted by Gasteiger charge is -2.14. The number of aromatic nitrogens is 1. The summed E-state index contributed by atoms with van der Waals surface area (Å²) in [6, 6.07) is 19.5. The Balaban J connectivity index is 0.000000181. The Bertz CT molecular complexity index is 1400. The van der Waals surface area contributed by atoms with Gasteiger partial charge in [0.15, 0.2) is 0 Å². The van der Waals surface area contributed by atoms with Gasteiger partial charge in [0.1, 0.15) is 16.6 Å². The minimum Gasteiger partial charge on any atom is -0.377 e. The number of aryl methyl sites for hydroxylation is 1. The van der Waals surface area contributed by atoms with Crippen LogP contribution in [0, 0.1) is 0 Å². The second kappa shape index (κ2) is 13.8. The molecule has 39 heavy (non-hydrogen) atoms. The number of nitrogens with one attached hydrogen (secondary N) is 5. The Morgan fingerprint density at radius 3 is 2.05 bits per heavy atom. The van der Waals surface area contributed by atoms with Crippen LogP contribution in [-0.4, -0.2) is 70.5 Å². The summed E-state index contributed by atoms with van der Waals surface area (Å²) in [6.45, 7) is 9.97. The number of anilines is 2. The summed E-state index contributed by atoms with van der Waals surface area (Å²) in [5.41, 5.74) is 4.21. The largest absolute Gasteiger partial charge is 0.377 e. The van der Waals surface area contributed by atoms with Crippen molar-refractivity contribution in [1.29, 1.82) is 0 Å². The van der Waals surface area contributed by atoms with Gasteiger partial charge in [-0.3, -0.25) is 9.98 Å². The predicted octanol–water partition coefficient (Wildman–Crippen LogP) is 2.99. The zero-order valence-corrected chi connectivity index (χ0v) is 23.4. The number of hydrogen-bond donors (Lipinski definition) is 5. The molecule has 208 valence electrons. The van der Waals surface area contributed by atoms with Crippen LogP contribution in [0.15, 0.2) is 81.7 Å². The summed E-state index contributed by atoms with van der Waals surface area (Å²) in [5, 5.41) is 13.0. The molecule has 5 N–H and O–H groups in total. The van der Waals surface area contributed by atoms with Crippen molar-refractivity contribution in [3.05, 3.63) is 66.9 Å². The van der Waals surface area contributed by atoms with Gasteiger partial charge in [0.25, 0.3) is 0 Å². The fraction of sp³-hybridized carbons (Fsp3) is 0.357. The summed E-state index contributed by atoms with van der Waals surface area (Å²) in [6.07, 6.45) is 2.12. The van der Waals surface area contributed by atoms with Gasteiger partial charge >= 0.3 is 0 Å². The summed E-state index contributed by atoms with van der Waals surface area (Å²) in [5.74, 6) is 1.90. The molecule has 0 saturated heterocycles. The minimum absolute atomic E-state index is 0.260. The topological polar surface area (TPSA) is 124 Å². The van der Waals surface area contributed by atoms with Crippen LogP contribution in [0.3, 0.4) is 0 Å². The number of para-hydroxylation sites is 2. The molecule has 0 radical (unpaired) electrons. The summed E-state index contributed by atoms with van der Waals surface area (Å²) < 4.78 is 28.9. The lowest BCUT2D eigenvalue weighted by Crippen LogP contribution is -2.28. The molecule has 0 unspecified atom stereocenters. The van der Waals surface area contributed by atoms with Crippen molar-refractivity contribution in [1.82, 2.24) is 19.9 Å². The SMILES string of the molecule is CCNS(=O)(=O)c1ccccc1NCC1=NCCN1.CCn1cccc1-c1ccccc1NCC1=NCCN1. The van der Waals surface area contributed by atoms with Crippen molar-refractivity contribution in [3.8, 4) is 11.3 Å². The van der Waals surface area contributed by atoms with Gasteiger partial charge in [-0.2, -0.15) is 0 Å². The molecule has 5 rings (SSSR count). The average molecular weight is 551 g/mol. The molecule has 3 aromatic rings. The molecule has 2 aliphatic heterocycles. The van der Waals surface area contributed by atoms with Gasteiger partial charge in [0.05, 0.1) is 37.6 Å². The maximum absolute atomic E-state index is 12.1. The average Bonchev–Trinajstić information content (AvgIpc) is 3.74. The van der Waals surface area contributed by atoms with E-state index in [4.69, 9.17) is 0 Å². The van der Waals surface area contributed by atoms with E-state index in [0.29, 0.717) is 18.8 Å². The number of benzene rings is 2. The molecular formula is C28H38N8O2S. The molecule has 1 aromatic heterocycles. The third-order valence-corrected chi connectivity index (χ3v) is 7.87. The molecule has 0 bridgehead atoms. The Kier molecular flexibility index (Phi) is 9.98. The van der Waals surface area contributed by atoms with Crippen LogP contribution >= 0.6 is 0 Å². The summed E-state index contributed by atoms with van der Waals surface area (Å²) in [7, 11) is -3.46. The van der Waals surface area contributed by atoms with Gasteiger partial charge in [-0.05, 0) is 37.3 Å². The highest BCUT2D eigenvalue weighted by Crippen LogP contribution is 2.28. The van der Waals surface area contributed by atoms with Crippen LogP contribution in [0.5, 0.6) is 0 Å². The Morgan fingerprint density at radius 2 is 1.44 bits per heavy atom. The van der Waals surface area contributed by atoms with Crippen LogP contribution in [0.1, 0.15) is 13.8 Å². The molecule has 0 amide bonds. The third-order valence-electron chi connectivity index (χ3n) is 6.26. The molecule has 3 heterocycles. The second-order valence-corrected chi connectivity index (χ2v) is 10.7. The molecule has 0 saturated carbocycles. The van der Waals surface area contributed by atoms with E-state index in [0.717, 1.165) is 56.6 Å². The molecular weight excluding hydrogens is 512 g/mol. The molecule has 11 heteroatoms. The number of rotatable bonds is 11. The third kappa shape index (κ3) is 7.61. The highest BCUT2D eigenvalue weighted by Gasteiger charge is 2.17. The zero-order valence-electron chi connectivity index (χ0n) is 22.6. The molecule has 2 aromatic carbocycles. The molecule has 0 spiro atoms. The highest BCUT2D eigenvalue weighted by atomic mass is 32.2. The first-order valence-electron chi connectivity index (χ1n) is 13.4. The first-order chi connectivity index (χ1) is 19.0. The van der Waals surface area contributed by atoms with Crippen LogP contribution in [0.4, 0.5) is 11.4 Å². The second-order valence-electron chi connectivity index (χ2n) is 8.94.